The fourth-order valence-electron chi connectivity index (χ4n) is 2.87. The van der Waals surface area contributed by atoms with Crippen molar-refractivity contribution in [1.29, 1.82) is 0 Å². The molecule has 3 amide bonds. The fraction of sp³-hybridized carbons (Fsp3) is 0.846. The zero-order valence-corrected chi connectivity index (χ0v) is 11.1. The van der Waals surface area contributed by atoms with Crippen molar-refractivity contribution < 1.29 is 9.59 Å². The molecular weight excluding hydrogens is 230 g/mol. The topological polar surface area (TPSA) is 61.4 Å². The van der Waals surface area contributed by atoms with E-state index >= 15 is 0 Å². The minimum atomic E-state index is -0.569. The van der Waals surface area contributed by atoms with E-state index in [2.05, 4.69) is 17.6 Å². The van der Waals surface area contributed by atoms with Gasteiger partial charge in [-0.2, -0.15) is 0 Å². The lowest BCUT2D eigenvalue weighted by Crippen LogP contribution is -2.48. The van der Waals surface area contributed by atoms with E-state index in [0.717, 1.165) is 38.6 Å². The van der Waals surface area contributed by atoms with Gasteiger partial charge in [0.1, 0.15) is 5.54 Å². The molecule has 0 atom stereocenters. The minimum absolute atomic E-state index is 0.00880. The van der Waals surface area contributed by atoms with Gasteiger partial charge in [0.05, 0.1) is 0 Å². The summed E-state index contributed by atoms with van der Waals surface area (Å²) in [5.41, 5.74) is -0.569. The molecule has 0 bridgehead atoms. The van der Waals surface area contributed by atoms with Crippen molar-refractivity contribution in [3.05, 3.63) is 0 Å². The first-order valence-corrected chi connectivity index (χ1v) is 7.04. The summed E-state index contributed by atoms with van der Waals surface area (Å²) in [6.07, 6.45) is 5.90. The second-order valence-electron chi connectivity index (χ2n) is 5.28. The second kappa shape index (κ2) is 5.69. The van der Waals surface area contributed by atoms with Gasteiger partial charge in [-0.1, -0.05) is 26.2 Å². The molecule has 2 N–H and O–H groups in total. The first kappa shape index (κ1) is 13.3. The van der Waals surface area contributed by atoms with Crippen LogP contribution in [0.5, 0.6) is 0 Å². The molecule has 1 saturated carbocycles. The van der Waals surface area contributed by atoms with Crippen molar-refractivity contribution in [2.24, 2.45) is 0 Å². The summed E-state index contributed by atoms with van der Waals surface area (Å²) in [5.74, 6) is -0.00880. The third kappa shape index (κ3) is 2.51. The first-order valence-electron chi connectivity index (χ1n) is 7.04. The van der Waals surface area contributed by atoms with Crippen LogP contribution in [0, 0.1) is 0 Å². The van der Waals surface area contributed by atoms with E-state index in [1.807, 2.05) is 0 Å². The summed E-state index contributed by atoms with van der Waals surface area (Å²) in [5, 5.41) is 6.14. The minimum Gasteiger partial charge on any atom is -0.323 e. The largest absolute Gasteiger partial charge is 0.325 e. The molecule has 0 unspecified atom stereocenters. The first-order chi connectivity index (χ1) is 8.69. The molecule has 1 saturated heterocycles. The maximum atomic E-state index is 12.4. The second-order valence-corrected chi connectivity index (χ2v) is 5.28. The molecule has 1 spiro atoms. The molecule has 102 valence electrons. The highest BCUT2D eigenvalue weighted by Gasteiger charge is 2.50. The van der Waals surface area contributed by atoms with Crippen LogP contribution in [0.15, 0.2) is 0 Å². The van der Waals surface area contributed by atoms with E-state index in [4.69, 9.17) is 0 Å². The molecule has 2 rings (SSSR count). The number of hydrogen-bond acceptors (Lipinski definition) is 3. The summed E-state index contributed by atoms with van der Waals surface area (Å²) in [6, 6.07) is -0.208. The van der Waals surface area contributed by atoms with Crippen LogP contribution in [0.3, 0.4) is 0 Å². The number of imide groups is 1. The Morgan fingerprint density at radius 3 is 2.61 bits per heavy atom. The maximum absolute atomic E-state index is 12.4. The van der Waals surface area contributed by atoms with Gasteiger partial charge in [0.2, 0.25) is 0 Å². The van der Waals surface area contributed by atoms with Crippen LogP contribution in [-0.2, 0) is 4.79 Å². The van der Waals surface area contributed by atoms with Gasteiger partial charge in [-0.25, -0.2) is 4.79 Å². The zero-order chi connectivity index (χ0) is 13.0. The smallest absolute Gasteiger partial charge is 0.323 e. The predicted molar refractivity (Wildman–Crippen MR) is 69.2 cm³/mol. The molecule has 0 aromatic rings. The molecule has 0 radical (unpaired) electrons. The fourth-order valence-corrected chi connectivity index (χ4v) is 2.87. The Bertz CT molecular complexity index is 324. The average molecular weight is 253 g/mol. The number of hydrogen-bond donors (Lipinski definition) is 2. The van der Waals surface area contributed by atoms with Crippen LogP contribution >= 0.6 is 0 Å². The average Bonchev–Trinajstić information content (AvgIpc) is 2.59. The molecule has 5 nitrogen and oxygen atoms in total. The Balaban J connectivity index is 1.92. The van der Waals surface area contributed by atoms with Crippen LogP contribution in [0.1, 0.15) is 45.4 Å². The number of urea groups is 1. The van der Waals surface area contributed by atoms with Gasteiger partial charge in [0, 0.05) is 13.1 Å². The SMILES string of the molecule is CCCNCCN1C(=O)NC2(CCCCC2)C1=O. The highest BCUT2D eigenvalue weighted by Crippen LogP contribution is 2.33. The standard InChI is InChI=1S/C13H23N3O2/c1-2-8-14-9-10-16-11(17)13(15-12(16)18)6-4-3-5-7-13/h14H,2-10H2,1H3,(H,15,18). The molecule has 18 heavy (non-hydrogen) atoms. The number of nitrogens with zero attached hydrogens (tertiary/aromatic N) is 1. The molecule has 5 heteroatoms. The quantitative estimate of drug-likeness (QED) is 0.572. The van der Waals surface area contributed by atoms with Crippen molar-refractivity contribution in [2.45, 2.75) is 51.0 Å². The summed E-state index contributed by atoms with van der Waals surface area (Å²) in [4.78, 5) is 25.6. The van der Waals surface area contributed by atoms with E-state index in [1.54, 1.807) is 0 Å². The number of nitrogens with one attached hydrogen (secondary N) is 2. The van der Waals surface area contributed by atoms with Crippen molar-refractivity contribution in [2.75, 3.05) is 19.6 Å². The van der Waals surface area contributed by atoms with Gasteiger partial charge in [-0.15, -0.1) is 0 Å². The van der Waals surface area contributed by atoms with E-state index in [-0.39, 0.29) is 11.9 Å². The number of carbonyl (C=O) groups excluding carboxylic acids is 2. The molecule has 2 fully saturated rings. The predicted octanol–water partition coefficient (Wildman–Crippen LogP) is 1.24. The van der Waals surface area contributed by atoms with Crippen molar-refractivity contribution in [1.82, 2.24) is 15.5 Å². The van der Waals surface area contributed by atoms with Crippen molar-refractivity contribution >= 4 is 11.9 Å². The lowest BCUT2D eigenvalue weighted by Gasteiger charge is -2.30. The van der Waals surface area contributed by atoms with Gasteiger partial charge in [-0.3, -0.25) is 9.69 Å². The molecule has 0 aromatic carbocycles. The Hall–Kier alpha value is -1.10. The van der Waals surface area contributed by atoms with Gasteiger partial charge >= 0.3 is 6.03 Å². The summed E-state index contributed by atoms with van der Waals surface area (Å²) >= 11 is 0. The third-order valence-corrected chi connectivity index (χ3v) is 3.89. The number of rotatable bonds is 5. The van der Waals surface area contributed by atoms with Gasteiger partial charge in [0.15, 0.2) is 0 Å². The molecule has 2 aliphatic rings. The zero-order valence-electron chi connectivity index (χ0n) is 11.1. The van der Waals surface area contributed by atoms with E-state index in [0.29, 0.717) is 13.1 Å². The lowest BCUT2D eigenvalue weighted by molar-refractivity contribution is -0.132. The number of carbonyl (C=O) groups is 2. The number of amides is 3. The normalized spacial score (nSPS) is 22.6. The molecular formula is C13H23N3O2. The van der Waals surface area contributed by atoms with Crippen LogP contribution in [-0.4, -0.2) is 42.0 Å². The molecule has 1 heterocycles. The van der Waals surface area contributed by atoms with Crippen LogP contribution in [0.2, 0.25) is 0 Å². The summed E-state index contributed by atoms with van der Waals surface area (Å²) in [7, 11) is 0. The van der Waals surface area contributed by atoms with Gasteiger partial charge in [-0.05, 0) is 25.8 Å². The van der Waals surface area contributed by atoms with Crippen molar-refractivity contribution in [3.63, 3.8) is 0 Å². The van der Waals surface area contributed by atoms with E-state index in [9.17, 15) is 9.59 Å². The Morgan fingerprint density at radius 2 is 1.94 bits per heavy atom. The Kier molecular flexibility index (Phi) is 4.22. The summed E-state index contributed by atoms with van der Waals surface area (Å²) < 4.78 is 0. The van der Waals surface area contributed by atoms with Crippen molar-refractivity contribution in [3.8, 4) is 0 Å². The molecule has 1 aliphatic heterocycles. The van der Waals surface area contributed by atoms with E-state index < -0.39 is 5.54 Å². The Labute approximate surface area is 108 Å². The maximum Gasteiger partial charge on any atom is 0.325 e. The van der Waals surface area contributed by atoms with Crippen LogP contribution in [0.4, 0.5) is 4.79 Å². The highest BCUT2D eigenvalue weighted by atomic mass is 16.2. The van der Waals surface area contributed by atoms with E-state index in [1.165, 1.54) is 11.3 Å². The monoisotopic (exact) mass is 253 g/mol. The molecule has 0 aromatic heterocycles. The lowest BCUT2D eigenvalue weighted by atomic mass is 9.82. The third-order valence-electron chi connectivity index (χ3n) is 3.89. The van der Waals surface area contributed by atoms with Gasteiger partial charge < -0.3 is 10.6 Å². The highest BCUT2D eigenvalue weighted by molar-refractivity contribution is 6.07. The molecule has 1 aliphatic carbocycles. The Morgan fingerprint density at radius 1 is 1.22 bits per heavy atom. The summed E-state index contributed by atoms with van der Waals surface area (Å²) in [6.45, 7) is 4.18. The van der Waals surface area contributed by atoms with Gasteiger partial charge in [0.25, 0.3) is 5.91 Å². The van der Waals surface area contributed by atoms with Crippen LogP contribution in [0.25, 0.3) is 0 Å². The van der Waals surface area contributed by atoms with Crippen LogP contribution < -0.4 is 10.6 Å².